The number of aromatic amines is 1. The summed E-state index contributed by atoms with van der Waals surface area (Å²) >= 11 is 0. The molecule has 1 saturated heterocycles. The molecule has 9 nitrogen and oxygen atoms in total. The molecule has 0 unspecified atom stereocenters. The van der Waals surface area contributed by atoms with E-state index < -0.39 is 0 Å². The molecule has 0 saturated carbocycles. The van der Waals surface area contributed by atoms with Gasteiger partial charge in [-0.2, -0.15) is 10.2 Å². The Morgan fingerprint density at radius 3 is 2.68 bits per heavy atom. The van der Waals surface area contributed by atoms with Gasteiger partial charge in [0.05, 0.1) is 6.26 Å². The number of carbonyl (C=O) groups is 1. The maximum atomic E-state index is 13.0. The molecule has 0 aliphatic carbocycles. The third kappa shape index (κ3) is 3.34. The molecule has 0 atom stereocenters. The second-order valence-electron chi connectivity index (χ2n) is 7.14. The van der Waals surface area contributed by atoms with E-state index in [9.17, 15) is 14.9 Å². The van der Waals surface area contributed by atoms with Gasteiger partial charge in [0, 0.05) is 31.6 Å². The van der Waals surface area contributed by atoms with Crippen molar-refractivity contribution in [2.45, 2.75) is 0 Å². The summed E-state index contributed by atoms with van der Waals surface area (Å²) in [5.74, 6) is 0.803. The molecule has 1 N–H and O–H groups in total. The van der Waals surface area contributed by atoms with Gasteiger partial charge in [-0.1, -0.05) is 18.2 Å². The lowest BCUT2D eigenvalue weighted by atomic mass is 10.1. The number of aromatic nitrogens is 2. The van der Waals surface area contributed by atoms with Crippen LogP contribution in [0.2, 0.25) is 0 Å². The van der Waals surface area contributed by atoms with Gasteiger partial charge in [-0.3, -0.25) is 9.59 Å². The molecule has 1 aromatic carbocycles. The largest absolute Gasteiger partial charge is 0.459 e. The monoisotopic (exact) mass is 415 g/mol. The van der Waals surface area contributed by atoms with Crippen LogP contribution in [0.3, 0.4) is 0 Å². The van der Waals surface area contributed by atoms with Crippen molar-refractivity contribution in [2.24, 2.45) is 0 Å². The van der Waals surface area contributed by atoms with Gasteiger partial charge >= 0.3 is 0 Å². The number of carbonyl (C=O) groups excluding carboxylic acids is 1. The van der Waals surface area contributed by atoms with E-state index in [1.807, 2.05) is 23.1 Å². The van der Waals surface area contributed by atoms with E-state index >= 15 is 0 Å². The third-order valence-electron chi connectivity index (χ3n) is 5.29. The van der Waals surface area contributed by atoms with E-state index in [1.165, 1.54) is 6.26 Å². The zero-order valence-corrected chi connectivity index (χ0v) is 16.4. The minimum atomic E-state index is -0.286. The normalized spacial score (nSPS) is 14.0. The fourth-order valence-corrected chi connectivity index (χ4v) is 3.71. The van der Waals surface area contributed by atoms with Crippen LogP contribution in [0.25, 0.3) is 22.4 Å². The molecule has 1 fully saturated rings. The van der Waals surface area contributed by atoms with Gasteiger partial charge in [0.25, 0.3) is 17.4 Å². The van der Waals surface area contributed by atoms with Crippen molar-refractivity contribution in [3.8, 4) is 17.7 Å². The van der Waals surface area contributed by atoms with Gasteiger partial charge in [-0.05, 0) is 29.7 Å². The van der Waals surface area contributed by atoms with E-state index in [-0.39, 0.29) is 28.7 Å². The second-order valence-corrected chi connectivity index (χ2v) is 7.14. The summed E-state index contributed by atoms with van der Waals surface area (Å²) in [5.41, 5.74) is 0.144. The molecule has 0 spiro atoms. The molecule has 9 heteroatoms. The second kappa shape index (κ2) is 7.50. The van der Waals surface area contributed by atoms with Gasteiger partial charge in [0.15, 0.2) is 5.76 Å². The van der Waals surface area contributed by atoms with Gasteiger partial charge in [-0.25, -0.2) is 0 Å². The van der Waals surface area contributed by atoms with Gasteiger partial charge in [-0.15, -0.1) is 0 Å². The van der Waals surface area contributed by atoms with Crippen LogP contribution in [0.15, 0.2) is 62.4 Å². The molecule has 0 bridgehead atoms. The van der Waals surface area contributed by atoms with Crippen LogP contribution in [-0.2, 0) is 0 Å². The average molecular weight is 415 g/mol. The molecule has 0 radical (unpaired) electrons. The molecule has 1 aliphatic rings. The molecule has 3 aromatic heterocycles. The maximum absolute atomic E-state index is 13.0. The first-order valence-corrected chi connectivity index (χ1v) is 9.75. The molecule has 1 amide bonds. The number of rotatable bonds is 3. The highest BCUT2D eigenvalue weighted by Crippen LogP contribution is 2.29. The fourth-order valence-electron chi connectivity index (χ4n) is 3.71. The topological polar surface area (TPSA) is 119 Å². The number of oxazole rings is 1. The summed E-state index contributed by atoms with van der Waals surface area (Å²) in [6.07, 6.45) is 1.51. The SMILES string of the molecule is N#Cc1nc(-c2ccco2)oc1N1CCN(C(=O)c2cc3ccccc3c(=O)[nH]2)CC1. The number of hydrogen-bond acceptors (Lipinski definition) is 7. The Bertz CT molecular complexity index is 1350. The molecule has 154 valence electrons. The van der Waals surface area contributed by atoms with Crippen molar-refractivity contribution in [2.75, 3.05) is 31.1 Å². The summed E-state index contributed by atoms with van der Waals surface area (Å²) in [4.78, 5) is 35.7. The van der Waals surface area contributed by atoms with Crippen LogP contribution in [0.4, 0.5) is 5.88 Å². The van der Waals surface area contributed by atoms with E-state index in [4.69, 9.17) is 8.83 Å². The van der Waals surface area contributed by atoms with Gasteiger partial charge < -0.3 is 23.6 Å². The molecular formula is C22H17N5O4. The van der Waals surface area contributed by atoms with Crippen LogP contribution in [0.1, 0.15) is 16.2 Å². The predicted octanol–water partition coefficient (Wildman–Crippen LogP) is 2.61. The number of H-pyrrole nitrogens is 1. The van der Waals surface area contributed by atoms with Crippen LogP contribution < -0.4 is 10.5 Å². The highest BCUT2D eigenvalue weighted by molar-refractivity contribution is 5.96. The summed E-state index contributed by atoms with van der Waals surface area (Å²) < 4.78 is 11.1. The Morgan fingerprint density at radius 2 is 1.94 bits per heavy atom. The number of pyridine rings is 1. The molecule has 1 aliphatic heterocycles. The van der Waals surface area contributed by atoms with E-state index in [0.717, 1.165) is 5.39 Å². The number of nitrogens with one attached hydrogen (secondary N) is 1. The lowest BCUT2D eigenvalue weighted by Gasteiger charge is -2.34. The van der Waals surface area contributed by atoms with Crippen molar-refractivity contribution < 1.29 is 13.6 Å². The number of amides is 1. The highest BCUT2D eigenvalue weighted by Gasteiger charge is 2.28. The Labute approximate surface area is 176 Å². The zero-order chi connectivity index (χ0) is 21.4. The standard InChI is InChI=1S/C22H17N5O4/c23-13-17-22(31-20(25-17)18-6-3-11-30-18)27-9-7-26(8-10-27)21(29)16-12-14-4-1-2-5-15(14)19(28)24-16/h1-6,11-12H,7-10H2,(H,24,28). The summed E-state index contributed by atoms with van der Waals surface area (Å²) in [7, 11) is 0. The molecule has 4 aromatic rings. The predicted molar refractivity (Wildman–Crippen MR) is 112 cm³/mol. The van der Waals surface area contributed by atoms with Crippen molar-refractivity contribution >= 4 is 22.6 Å². The molecular weight excluding hydrogens is 398 g/mol. The smallest absolute Gasteiger partial charge is 0.270 e. The Kier molecular flexibility index (Phi) is 4.52. The van der Waals surface area contributed by atoms with Crippen LogP contribution >= 0.6 is 0 Å². The van der Waals surface area contributed by atoms with Crippen molar-refractivity contribution in [1.82, 2.24) is 14.9 Å². The highest BCUT2D eigenvalue weighted by atomic mass is 16.4. The number of furan rings is 1. The Balaban J connectivity index is 1.34. The zero-order valence-electron chi connectivity index (χ0n) is 16.4. The van der Waals surface area contributed by atoms with E-state index in [1.54, 1.807) is 35.2 Å². The Hall–Kier alpha value is -4.32. The first-order chi connectivity index (χ1) is 15.1. The number of nitriles is 1. The first kappa shape index (κ1) is 18.7. The van der Waals surface area contributed by atoms with Gasteiger partial charge in [0.1, 0.15) is 11.8 Å². The molecule has 5 rings (SSSR count). The minimum Gasteiger partial charge on any atom is -0.459 e. The van der Waals surface area contributed by atoms with Crippen LogP contribution in [0.5, 0.6) is 0 Å². The van der Waals surface area contributed by atoms with Crippen molar-refractivity contribution in [3.63, 3.8) is 0 Å². The van der Waals surface area contributed by atoms with Crippen molar-refractivity contribution in [3.05, 3.63) is 70.5 Å². The minimum absolute atomic E-state index is 0.171. The molecule has 31 heavy (non-hydrogen) atoms. The summed E-state index contributed by atoms with van der Waals surface area (Å²) in [6, 6.07) is 14.3. The first-order valence-electron chi connectivity index (χ1n) is 9.75. The quantitative estimate of drug-likeness (QED) is 0.546. The van der Waals surface area contributed by atoms with Crippen molar-refractivity contribution in [1.29, 1.82) is 5.26 Å². The average Bonchev–Trinajstić information content (AvgIpc) is 3.48. The fraction of sp³-hybridized carbons (Fsp3) is 0.182. The van der Waals surface area contributed by atoms with E-state index in [2.05, 4.69) is 9.97 Å². The number of anilines is 1. The lowest BCUT2D eigenvalue weighted by Crippen LogP contribution is -2.49. The summed E-state index contributed by atoms with van der Waals surface area (Å²) in [5, 5.41) is 10.7. The van der Waals surface area contributed by atoms with Crippen LogP contribution in [0, 0.1) is 11.3 Å². The Morgan fingerprint density at radius 1 is 1.13 bits per heavy atom. The van der Waals surface area contributed by atoms with Crippen LogP contribution in [-0.4, -0.2) is 47.0 Å². The van der Waals surface area contributed by atoms with E-state index in [0.29, 0.717) is 43.2 Å². The molecule has 4 heterocycles. The lowest BCUT2D eigenvalue weighted by molar-refractivity contribution is 0.0739. The number of piperazine rings is 1. The maximum Gasteiger partial charge on any atom is 0.270 e. The summed E-state index contributed by atoms with van der Waals surface area (Å²) in [6.45, 7) is 1.75. The number of fused-ring (bicyclic) bond motifs is 1. The number of benzene rings is 1. The number of nitrogens with zero attached hydrogens (tertiary/aromatic N) is 4. The number of hydrogen-bond donors (Lipinski definition) is 1. The van der Waals surface area contributed by atoms with Gasteiger partial charge in [0.2, 0.25) is 11.6 Å². The third-order valence-corrected chi connectivity index (χ3v) is 5.29.